The van der Waals surface area contributed by atoms with Crippen LogP contribution in [-0.4, -0.2) is 34.8 Å². The zero-order chi connectivity index (χ0) is 18.9. The molecule has 0 bridgehead atoms. The Hall–Kier alpha value is -2.95. The van der Waals surface area contributed by atoms with Crippen LogP contribution in [0.4, 0.5) is 0 Å². The number of carbonyl (C=O) groups excluding carboxylic acids is 2. The predicted molar refractivity (Wildman–Crippen MR) is 103 cm³/mol. The number of amides is 1. The quantitative estimate of drug-likeness (QED) is 0.625. The second-order valence-corrected chi connectivity index (χ2v) is 7.27. The van der Waals surface area contributed by atoms with Crippen LogP contribution in [0, 0.1) is 0 Å². The van der Waals surface area contributed by atoms with Crippen LogP contribution in [0.1, 0.15) is 33.3 Å². The van der Waals surface area contributed by atoms with E-state index in [4.69, 9.17) is 4.74 Å². The Bertz CT molecular complexity index is 936. The number of esters is 1. The van der Waals surface area contributed by atoms with Crippen LogP contribution >= 0.6 is 0 Å². The number of aliphatic imine (C=N–C) groups is 1. The molecule has 0 radical (unpaired) electrons. The van der Waals surface area contributed by atoms with Crippen molar-refractivity contribution < 1.29 is 14.3 Å². The minimum atomic E-state index is -0.589. The molecular formula is C21H22N2O3. The van der Waals surface area contributed by atoms with Gasteiger partial charge in [-0.3, -0.25) is 14.5 Å². The number of hydrogen-bond donors (Lipinski definition) is 0. The largest absolute Gasteiger partial charge is 0.459 e. The van der Waals surface area contributed by atoms with E-state index in [1.807, 2.05) is 42.5 Å². The molecule has 0 fully saturated rings. The number of benzene rings is 2. The fourth-order valence-corrected chi connectivity index (χ4v) is 2.81. The normalized spacial score (nSPS) is 16.3. The van der Waals surface area contributed by atoms with E-state index < -0.39 is 11.6 Å². The van der Waals surface area contributed by atoms with Gasteiger partial charge in [-0.15, -0.1) is 0 Å². The summed E-state index contributed by atoms with van der Waals surface area (Å²) in [6, 6.07) is 14.0. The Morgan fingerprint density at radius 2 is 1.85 bits per heavy atom. The lowest BCUT2D eigenvalue weighted by Crippen LogP contribution is -2.38. The highest BCUT2D eigenvalue weighted by atomic mass is 16.6. The number of rotatable bonds is 3. The molecule has 1 aliphatic rings. The maximum atomic E-state index is 12.6. The minimum absolute atomic E-state index is 0.138. The Kier molecular flexibility index (Phi) is 4.64. The Labute approximate surface area is 153 Å². The van der Waals surface area contributed by atoms with E-state index in [2.05, 4.69) is 4.99 Å². The van der Waals surface area contributed by atoms with Gasteiger partial charge in [0, 0.05) is 0 Å². The number of nitrogens with zero attached hydrogens (tertiary/aromatic N) is 2. The van der Waals surface area contributed by atoms with E-state index in [9.17, 15) is 9.59 Å². The van der Waals surface area contributed by atoms with E-state index >= 15 is 0 Å². The standard InChI is InChI=1S/C21H22N2O3/c1-14-22-18(20(25)23(14)13-19(24)26-21(2,3)4)12-15-9-10-16-7-5-6-8-17(16)11-15/h5-12H,13H2,1-4H3/b18-12+. The smallest absolute Gasteiger partial charge is 0.326 e. The Morgan fingerprint density at radius 3 is 2.54 bits per heavy atom. The van der Waals surface area contributed by atoms with Gasteiger partial charge in [0.25, 0.3) is 5.91 Å². The lowest BCUT2D eigenvalue weighted by atomic mass is 10.1. The van der Waals surface area contributed by atoms with Gasteiger partial charge in [-0.05, 0) is 56.2 Å². The summed E-state index contributed by atoms with van der Waals surface area (Å²) in [7, 11) is 0. The van der Waals surface area contributed by atoms with Gasteiger partial charge in [0.15, 0.2) is 0 Å². The zero-order valence-electron chi connectivity index (χ0n) is 15.4. The molecule has 0 saturated heterocycles. The molecule has 134 valence electrons. The van der Waals surface area contributed by atoms with Crippen molar-refractivity contribution in [2.45, 2.75) is 33.3 Å². The molecule has 5 nitrogen and oxygen atoms in total. The van der Waals surface area contributed by atoms with E-state index in [1.165, 1.54) is 4.90 Å². The van der Waals surface area contributed by atoms with Gasteiger partial charge >= 0.3 is 5.97 Å². The third-order valence-corrected chi connectivity index (χ3v) is 3.92. The van der Waals surface area contributed by atoms with E-state index in [-0.39, 0.29) is 12.5 Å². The SMILES string of the molecule is CC1=N/C(=C/c2ccc3ccccc3c2)C(=O)N1CC(=O)OC(C)(C)C. The third kappa shape index (κ3) is 3.99. The summed E-state index contributed by atoms with van der Waals surface area (Å²) in [4.78, 5) is 30.3. The highest BCUT2D eigenvalue weighted by Gasteiger charge is 2.30. The Balaban J connectivity index is 1.80. The highest BCUT2D eigenvalue weighted by Crippen LogP contribution is 2.21. The van der Waals surface area contributed by atoms with Gasteiger partial charge < -0.3 is 4.74 Å². The molecule has 0 spiro atoms. The molecule has 0 atom stereocenters. The van der Waals surface area contributed by atoms with Crippen LogP contribution in [0.2, 0.25) is 0 Å². The topological polar surface area (TPSA) is 59.0 Å². The van der Waals surface area contributed by atoms with E-state index in [0.717, 1.165) is 16.3 Å². The van der Waals surface area contributed by atoms with Crippen molar-refractivity contribution in [1.82, 2.24) is 4.90 Å². The zero-order valence-corrected chi connectivity index (χ0v) is 15.4. The number of hydrogen-bond acceptors (Lipinski definition) is 4. The average Bonchev–Trinajstić information content (AvgIpc) is 2.80. The fourth-order valence-electron chi connectivity index (χ4n) is 2.81. The highest BCUT2D eigenvalue weighted by molar-refractivity contribution is 6.15. The van der Waals surface area contributed by atoms with E-state index in [1.54, 1.807) is 33.8 Å². The van der Waals surface area contributed by atoms with Crippen molar-refractivity contribution in [1.29, 1.82) is 0 Å². The van der Waals surface area contributed by atoms with Gasteiger partial charge in [-0.1, -0.05) is 36.4 Å². The van der Waals surface area contributed by atoms with Crippen molar-refractivity contribution in [3.05, 3.63) is 53.7 Å². The van der Waals surface area contributed by atoms with Crippen LogP contribution in [0.25, 0.3) is 16.8 Å². The number of ether oxygens (including phenoxy) is 1. The molecule has 5 heteroatoms. The lowest BCUT2D eigenvalue weighted by Gasteiger charge is -2.22. The van der Waals surface area contributed by atoms with Crippen molar-refractivity contribution in [2.24, 2.45) is 4.99 Å². The summed E-state index contributed by atoms with van der Waals surface area (Å²) in [5.41, 5.74) is 0.623. The summed E-state index contributed by atoms with van der Waals surface area (Å²) in [5, 5.41) is 2.23. The molecule has 0 aliphatic carbocycles. The fraction of sp³-hybridized carbons (Fsp3) is 0.286. The van der Waals surface area contributed by atoms with Gasteiger partial charge in [0.2, 0.25) is 0 Å². The first-order chi connectivity index (χ1) is 12.2. The molecule has 0 unspecified atom stereocenters. The van der Waals surface area contributed by atoms with Crippen molar-refractivity contribution in [2.75, 3.05) is 6.54 Å². The van der Waals surface area contributed by atoms with E-state index in [0.29, 0.717) is 11.5 Å². The van der Waals surface area contributed by atoms with Crippen LogP contribution < -0.4 is 0 Å². The monoisotopic (exact) mass is 350 g/mol. The molecule has 1 heterocycles. The maximum Gasteiger partial charge on any atom is 0.326 e. The van der Waals surface area contributed by atoms with Crippen LogP contribution in [-0.2, 0) is 14.3 Å². The van der Waals surface area contributed by atoms with Gasteiger partial charge in [0.05, 0.1) is 0 Å². The second-order valence-electron chi connectivity index (χ2n) is 7.27. The molecule has 0 N–H and O–H groups in total. The van der Waals surface area contributed by atoms with Crippen LogP contribution in [0.5, 0.6) is 0 Å². The number of amidine groups is 1. The first kappa shape index (κ1) is 17.9. The van der Waals surface area contributed by atoms with Crippen molar-refractivity contribution in [3.8, 4) is 0 Å². The first-order valence-electron chi connectivity index (χ1n) is 8.52. The molecule has 0 saturated carbocycles. The average molecular weight is 350 g/mol. The number of carbonyl (C=O) groups is 2. The van der Waals surface area contributed by atoms with Crippen molar-refractivity contribution in [3.63, 3.8) is 0 Å². The Morgan fingerprint density at radius 1 is 1.15 bits per heavy atom. The number of fused-ring (bicyclic) bond motifs is 1. The second kappa shape index (κ2) is 6.75. The summed E-state index contributed by atoms with van der Waals surface area (Å²) in [6.45, 7) is 6.96. The third-order valence-electron chi connectivity index (χ3n) is 3.92. The summed E-state index contributed by atoms with van der Waals surface area (Å²) in [6.07, 6.45) is 1.74. The van der Waals surface area contributed by atoms with Crippen LogP contribution in [0.3, 0.4) is 0 Å². The molecule has 2 aromatic carbocycles. The molecule has 1 amide bonds. The maximum absolute atomic E-state index is 12.6. The van der Waals surface area contributed by atoms with Gasteiger partial charge in [0.1, 0.15) is 23.7 Å². The lowest BCUT2D eigenvalue weighted by molar-refractivity contribution is -0.156. The molecule has 1 aliphatic heterocycles. The first-order valence-corrected chi connectivity index (χ1v) is 8.52. The molecule has 26 heavy (non-hydrogen) atoms. The van der Waals surface area contributed by atoms with Crippen molar-refractivity contribution >= 4 is 34.6 Å². The molecule has 3 rings (SSSR count). The van der Waals surface area contributed by atoms with Gasteiger partial charge in [-0.2, -0.15) is 0 Å². The predicted octanol–water partition coefficient (Wildman–Crippen LogP) is 3.78. The minimum Gasteiger partial charge on any atom is -0.459 e. The van der Waals surface area contributed by atoms with Gasteiger partial charge in [-0.25, -0.2) is 4.99 Å². The molecular weight excluding hydrogens is 328 g/mol. The summed E-state index contributed by atoms with van der Waals surface area (Å²) in [5.74, 6) is -0.248. The van der Waals surface area contributed by atoms with Crippen LogP contribution in [0.15, 0.2) is 53.2 Å². The summed E-state index contributed by atoms with van der Waals surface area (Å²) < 4.78 is 5.29. The summed E-state index contributed by atoms with van der Waals surface area (Å²) >= 11 is 0. The molecule has 0 aromatic heterocycles. The molecule has 2 aromatic rings.